The van der Waals surface area contributed by atoms with E-state index < -0.39 is 20.4 Å². The normalized spacial score (nSPS) is 23.0. The first-order chi connectivity index (χ1) is 22.4. The average Bonchev–Trinajstić information content (AvgIpc) is 3.33. The number of rotatable bonds is 16. The van der Waals surface area contributed by atoms with Gasteiger partial charge in [-0.15, -0.1) is 0 Å². The molecule has 0 saturated heterocycles. The van der Waals surface area contributed by atoms with Gasteiger partial charge in [-0.1, -0.05) is 102 Å². The molecule has 2 aromatic rings. The first kappa shape index (κ1) is 37.3. The molecule has 2 N–H and O–H groups in total. The number of hydrogen-bond donors (Lipinski definition) is 2. The molecule has 0 bridgehead atoms. The third-order valence-electron chi connectivity index (χ3n) is 11.4. The monoisotopic (exact) mass is 664 g/mol. The summed E-state index contributed by atoms with van der Waals surface area (Å²) in [6, 6.07) is 17.7. The summed E-state index contributed by atoms with van der Waals surface area (Å²) in [6.45, 7) is 11.6. The number of carbonyl (C=O) groups excluding carboxylic acids is 1. The summed E-state index contributed by atoms with van der Waals surface area (Å²) < 4.78 is 13.3. The zero-order valence-electron chi connectivity index (χ0n) is 29.6. The van der Waals surface area contributed by atoms with Gasteiger partial charge >= 0.3 is 11.9 Å². The number of aliphatic hydroxyl groups is 1. The smallest absolute Gasteiger partial charge is 0.338 e. The minimum atomic E-state index is -1.98. The van der Waals surface area contributed by atoms with Crippen LogP contribution in [0.1, 0.15) is 121 Å². The molecule has 0 aliphatic heterocycles. The molecule has 2 saturated carbocycles. The first-order valence-corrected chi connectivity index (χ1v) is 21.2. The Morgan fingerprint density at radius 1 is 0.851 bits per heavy atom. The minimum absolute atomic E-state index is 0.0429. The molecule has 260 valence electrons. The number of benzene rings is 2. The lowest BCUT2D eigenvalue weighted by molar-refractivity contribution is -0.137. The van der Waals surface area contributed by atoms with Crippen LogP contribution in [0.25, 0.3) is 11.1 Å². The molecule has 0 radical (unpaired) electrons. The van der Waals surface area contributed by atoms with Crippen LogP contribution in [0.2, 0.25) is 18.1 Å². The van der Waals surface area contributed by atoms with E-state index in [-0.39, 0.29) is 41.5 Å². The summed E-state index contributed by atoms with van der Waals surface area (Å²) in [6.07, 6.45) is 12.3. The van der Waals surface area contributed by atoms with E-state index in [2.05, 4.69) is 46.0 Å². The molecule has 0 heterocycles. The van der Waals surface area contributed by atoms with E-state index in [1.54, 1.807) is 0 Å². The van der Waals surface area contributed by atoms with Crippen LogP contribution in [0.15, 0.2) is 54.6 Å². The Balaban J connectivity index is 1.46. The second-order valence-electron chi connectivity index (χ2n) is 15.8. The molecule has 0 amide bonds. The van der Waals surface area contributed by atoms with Gasteiger partial charge in [0, 0.05) is 24.9 Å². The molecule has 5 atom stereocenters. The van der Waals surface area contributed by atoms with Crippen molar-refractivity contribution in [2.75, 3.05) is 0 Å². The van der Waals surface area contributed by atoms with Crippen LogP contribution in [0, 0.1) is 17.8 Å². The highest BCUT2D eigenvalue weighted by Gasteiger charge is 2.46. The van der Waals surface area contributed by atoms with Gasteiger partial charge in [-0.25, -0.2) is 4.79 Å². The van der Waals surface area contributed by atoms with Crippen molar-refractivity contribution < 1.29 is 29.0 Å². The molecule has 0 spiro atoms. The molecule has 2 aromatic carbocycles. The van der Waals surface area contributed by atoms with Crippen molar-refractivity contribution >= 4 is 20.3 Å². The number of aliphatic carboxylic acids is 1. The third-order valence-corrected chi connectivity index (χ3v) is 15.9. The SMILES string of the molecule is CC(C)(C)[Si](C)(C)OC(CC[C@H]1C(O)C[C@H](OC(=O)c2ccc(-c3ccccc3)cc2)[C@@H]1CCCCCCC(=O)O)C1CCCCC1. The maximum absolute atomic E-state index is 13.4. The highest BCUT2D eigenvalue weighted by atomic mass is 28.4. The topological polar surface area (TPSA) is 93.1 Å². The third kappa shape index (κ3) is 10.8. The fraction of sp³-hybridized carbons (Fsp3) is 0.650. The van der Waals surface area contributed by atoms with Crippen LogP contribution in [0.3, 0.4) is 0 Å². The summed E-state index contributed by atoms with van der Waals surface area (Å²) in [5.74, 6) is -0.412. The van der Waals surface area contributed by atoms with Gasteiger partial charge in [-0.2, -0.15) is 0 Å². The molecular weight excluding hydrogens is 605 g/mol. The van der Waals surface area contributed by atoms with E-state index in [4.69, 9.17) is 14.3 Å². The van der Waals surface area contributed by atoms with Crippen LogP contribution in [0.4, 0.5) is 0 Å². The average molecular weight is 665 g/mol. The molecule has 0 aromatic heterocycles. The highest BCUT2D eigenvalue weighted by Crippen LogP contribution is 2.44. The Morgan fingerprint density at radius 3 is 2.13 bits per heavy atom. The lowest BCUT2D eigenvalue weighted by atomic mass is 9.80. The first-order valence-electron chi connectivity index (χ1n) is 18.3. The van der Waals surface area contributed by atoms with Crippen molar-refractivity contribution in [3.8, 4) is 11.1 Å². The van der Waals surface area contributed by atoms with E-state index in [0.29, 0.717) is 24.3 Å². The molecule has 2 aliphatic rings. The second kappa shape index (κ2) is 17.3. The number of ether oxygens (including phenoxy) is 1. The van der Waals surface area contributed by atoms with Gasteiger partial charge in [-0.3, -0.25) is 4.79 Å². The molecular formula is C40H60O6Si. The van der Waals surface area contributed by atoms with E-state index in [1.807, 2.05) is 42.5 Å². The van der Waals surface area contributed by atoms with Gasteiger partial charge < -0.3 is 19.4 Å². The molecule has 2 unspecified atom stereocenters. The lowest BCUT2D eigenvalue weighted by Gasteiger charge is -2.43. The highest BCUT2D eigenvalue weighted by molar-refractivity contribution is 6.74. The summed E-state index contributed by atoms with van der Waals surface area (Å²) in [7, 11) is -1.98. The van der Waals surface area contributed by atoms with Crippen molar-refractivity contribution in [2.45, 2.75) is 147 Å². The second-order valence-corrected chi connectivity index (χ2v) is 20.5. The number of hydrogen-bond acceptors (Lipinski definition) is 5. The molecule has 7 heteroatoms. The number of carboxylic acid groups (broad SMARTS) is 1. The van der Waals surface area contributed by atoms with Gasteiger partial charge in [0.15, 0.2) is 8.32 Å². The fourth-order valence-electron chi connectivity index (χ4n) is 7.54. The summed E-state index contributed by atoms with van der Waals surface area (Å²) >= 11 is 0. The van der Waals surface area contributed by atoms with Crippen LogP contribution in [-0.2, 0) is 14.0 Å². The molecule has 6 nitrogen and oxygen atoms in total. The zero-order chi connectivity index (χ0) is 34.0. The van der Waals surface area contributed by atoms with Gasteiger partial charge in [0.2, 0.25) is 0 Å². The predicted molar refractivity (Wildman–Crippen MR) is 192 cm³/mol. The van der Waals surface area contributed by atoms with E-state index in [1.165, 1.54) is 32.1 Å². The molecule has 4 rings (SSSR count). The Labute approximate surface area is 284 Å². The van der Waals surface area contributed by atoms with Crippen molar-refractivity contribution in [1.82, 2.24) is 0 Å². The quantitative estimate of drug-likeness (QED) is 0.105. The van der Waals surface area contributed by atoms with Crippen molar-refractivity contribution in [3.63, 3.8) is 0 Å². The summed E-state index contributed by atoms with van der Waals surface area (Å²) in [4.78, 5) is 24.4. The maximum atomic E-state index is 13.4. The summed E-state index contributed by atoms with van der Waals surface area (Å²) in [5.41, 5.74) is 2.67. The fourth-order valence-corrected chi connectivity index (χ4v) is 8.96. The van der Waals surface area contributed by atoms with Crippen LogP contribution >= 0.6 is 0 Å². The number of carbonyl (C=O) groups is 2. The standard InChI is InChI=1S/C40H60O6Si/c1-40(2,3)47(4,5)46-36(31-18-12-9-13-19-31)27-26-33-34(20-14-6-7-15-21-38(42)43)37(28-35(33)41)45-39(44)32-24-22-30(23-25-32)29-16-10-8-11-17-29/h8,10-11,16-17,22-25,31,33-37,41H,6-7,9,12-15,18-21,26-28H2,1-5H3,(H,42,43)/t33-,34-,35?,36?,37+/m1/s1. The van der Waals surface area contributed by atoms with Crippen molar-refractivity contribution in [1.29, 1.82) is 0 Å². The Bertz CT molecular complexity index is 1250. The van der Waals surface area contributed by atoms with Gasteiger partial charge in [-0.05, 0) is 91.8 Å². The maximum Gasteiger partial charge on any atom is 0.338 e. The van der Waals surface area contributed by atoms with Crippen LogP contribution < -0.4 is 0 Å². The molecule has 2 aliphatic carbocycles. The zero-order valence-corrected chi connectivity index (χ0v) is 30.6. The summed E-state index contributed by atoms with van der Waals surface area (Å²) in [5, 5.41) is 20.6. The van der Waals surface area contributed by atoms with Crippen LogP contribution in [-0.4, -0.2) is 48.8 Å². The van der Waals surface area contributed by atoms with Crippen molar-refractivity contribution in [2.24, 2.45) is 17.8 Å². The van der Waals surface area contributed by atoms with Gasteiger partial charge in [0.05, 0.1) is 11.7 Å². The molecule has 47 heavy (non-hydrogen) atoms. The van der Waals surface area contributed by atoms with E-state index in [0.717, 1.165) is 49.7 Å². The number of esters is 1. The van der Waals surface area contributed by atoms with Crippen LogP contribution in [0.5, 0.6) is 0 Å². The minimum Gasteiger partial charge on any atom is -0.481 e. The van der Waals surface area contributed by atoms with E-state index >= 15 is 0 Å². The Hall–Kier alpha value is -2.48. The van der Waals surface area contributed by atoms with Crippen molar-refractivity contribution in [3.05, 3.63) is 60.2 Å². The Morgan fingerprint density at radius 2 is 1.49 bits per heavy atom. The Kier molecular flexibility index (Phi) is 13.7. The molecule has 2 fully saturated rings. The predicted octanol–water partition coefficient (Wildman–Crippen LogP) is 10.1. The van der Waals surface area contributed by atoms with E-state index in [9.17, 15) is 14.7 Å². The number of carboxylic acids is 1. The number of unbranched alkanes of at least 4 members (excludes halogenated alkanes) is 3. The number of aliphatic hydroxyl groups excluding tert-OH is 1. The lowest BCUT2D eigenvalue weighted by Crippen LogP contribution is -2.46. The van der Waals surface area contributed by atoms with Gasteiger partial charge in [0.1, 0.15) is 6.10 Å². The van der Waals surface area contributed by atoms with Gasteiger partial charge in [0.25, 0.3) is 0 Å². The largest absolute Gasteiger partial charge is 0.481 e.